The summed E-state index contributed by atoms with van der Waals surface area (Å²) in [5.74, 6) is -0.0956. The maximum atomic E-state index is 11.7. The Labute approximate surface area is 98.9 Å². The molecule has 1 fully saturated rings. The van der Waals surface area contributed by atoms with Crippen molar-refractivity contribution in [2.24, 2.45) is 0 Å². The van der Waals surface area contributed by atoms with Crippen LogP contribution in [0.3, 0.4) is 0 Å². The molecule has 0 bridgehead atoms. The van der Waals surface area contributed by atoms with E-state index in [0.29, 0.717) is 6.42 Å². The molecule has 0 aliphatic heterocycles. The number of hydrogen-bond acceptors (Lipinski definition) is 3. The molecule has 0 saturated heterocycles. The highest BCUT2D eigenvalue weighted by Crippen LogP contribution is 2.40. The fourth-order valence-corrected chi connectivity index (χ4v) is 1.95. The Hall–Kier alpha value is -0.570. The highest BCUT2D eigenvalue weighted by Gasteiger charge is 2.47. The van der Waals surface area contributed by atoms with Crippen LogP contribution in [0, 0.1) is 0 Å². The molecule has 0 aromatic rings. The zero-order valence-corrected chi connectivity index (χ0v) is 11.4. The summed E-state index contributed by atoms with van der Waals surface area (Å²) < 4.78 is 5.35. The maximum absolute atomic E-state index is 11.7. The highest BCUT2D eigenvalue weighted by atomic mass is 16.6. The number of carbonyl (C=O) groups excluding carboxylic acids is 1. The number of nitrogens with one attached hydrogen (secondary N) is 1. The molecule has 0 radical (unpaired) electrons. The van der Waals surface area contributed by atoms with Crippen molar-refractivity contribution in [2.75, 3.05) is 0 Å². The first-order chi connectivity index (χ1) is 7.02. The van der Waals surface area contributed by atoms with Crippen molar-refractivity contribution in [1.82, 2.24) is 5.32 Å². The zero-order chi connectivity index (χ0) is 12.6. The van der Waals surface area contributed by atoms with E-state index in [1.807, 2.05) is 20.8 Å². The summed E-state index contributed by atoms with van der Waals surface area (Å²) >= 11 is 0. The first kappa shape index (κ1) is 13.5. The Bertz CT molecular complexity index is 267. The summed E-state index contributed by atoms with van der Waals surface area (Å²) in [6, 6.07) is 0. The molecule has 1 aliphatic carbocycles. The normalized spacial score (nSPS) is 19.4. The maximum Gasteiger partial charge on any atom is 0.308 e. The highest BCUT2D eigenvalue weighted by molar-refractivity contribution is 5.72. The van der Waals surface area contributed by atoms with Crippen LogP contribution in [0.25, 0.3) is 0 Å². The van der Waals surface area contributed by atoms with Gasteiger partial charge in [0.05, 0.1) is 6.42 Å². The second-order valence-electron chi connectivity index (χ2n) is 6.92. The van der Waals surface area contributed by atoms with Crippen LogP contribution in [0.4, 0.5) is 0 Å². The fourth-order valence-electron chi connectivity index (χ4n) is 1.95. The summed E-state index contributed by atoms with van der Waals surface area (Å²) in [5, 5.41) is 3.52. The summed E-state index contributed by atoms with van der Waals surface area (Å²) in [6.45, 7) is 12.1. The lowest BCUT2D eigenvalue weighted by atomic mass is 10.0. The fraction of sp³-hybridized carbons (Fsp3) is 0.923. The van der Waals surface area contributed by atoms with Gasteiger partial charge < -0.3 is 10.1 Å². The summed E-state index contributed by atoms with van der Waals surface area (Å²) in [7, 11) is 0. The van der Waals surface area contributed by atoms with E-state index >= 15 is 0 Å². The molecule has 16 heavy (non-hydrogen) atoms. The van der Waals surface area contributed by atoms with Crippen LogP contribution in [0.2, 0.25) is 0 Å². The summed E-state index contributed by atoms with van der Waals surface area (Å²) in [5.41, 5.74) is -0.325. The summed E-state index contributed by atoms with van der Waals surface area (Å²) in [6.07, 6.45) is 2.63. The van der Waals surface area contributed by atoms with Crippen molar-refractivity contribution in [1.29, 1.82) is 0 Å². The molecule has 0 atom stereocenters. The Morgan fingerprint density at radius 1 is 1.19 bits per heavy atom. The standard InChI is InChI=1S/C13H25NO2/c1-11(2,3)14-13(7-8-13)9-10(15)16-12(4,5)6/h14H,7-9H2,1-6H3. The van der Waals surface area contributed by atoms with Gasteiger partial charge in [-0.1, -0.05) is 0 Å². The van der Waals surface area contributed by atoms with Gasteiger partial charge in [-0.05, 0) is 54.4 Å². The van der Waals surface area contributed by atoms with Gasteiger partial charge in [0.1, 0.15) is 5.60 Å². The van der Waals surface area contributed by atoms with Crippen LogP contribution in [0.1, 0.15) is 60.8 Å². The topological polar surface area (TPSA) is 38.3 Å². The molecule has 3 nitrogen and oxygen atoms in total. The quantitative estimate of drug-likeness (QED) is 0.753. The SMILES string of the molecule is CC(C)(C)NC1(CC(=O)OC(C)(C)C)CC1. The lowest BCUT2D eigenvalue weighted by Gasteiger charge is -2.29. The molecule has 1 rings (SSSR count). The van der Waals surface area contributed by atoms with Gasteiger partial charge in [0, 0.05) is 11.1 Å². The minimum absolute atomic E-state index is 0.000579. The molecule has 0 amide bonds. The third kappa shape index (κ3) is 4.97. The van der Waals surface area contributed by atoms with E-state index in [0.717, 1.165) is 12.8 Å². The van der Waals surface area contributed by atoms with Gasteiger partial charge in [0.15, 0.2) is 0 Å². The number of esters is 1. The zero-order valence-electron chi connectivity index (χ0n) is 11.4. The molecule has 0 spiro atoms. The predicted molar refractivity (Wildman–Crippen MR) is 65.3 cm³/mol. The second kappa shape index (κ2) is 4.02. The molecule has 1 aliphatic rings. The van der Waals surface area contributed by atoms with Gasteiger partial charge in [-0.25, -0.2) is 0 Å². The smallest absolute Gasteiger partial charge is 0.308 e. The van der Waals surface area contributed by atoms with Crippen molar-refractivity contribution in [3.8, 4) is 0 Å². The van der Waals surface area contributed by atoms with Gasteiger partial charge >= 0.3 is 5.97 Å². The molecular formula is C13H25NO2. The first-order valence-electron chi connectivity index (χ1n) is 6.03. The lowest BCUT2D eigenvalue weighted by molar-refractivity contribution is -0.155. The van der Waals surface area contributed by atoms with Gasteiger partial charge in [-0.15, -0.1) is 0 Å². The summed E-state index contributed by atoms with van der Waals surface area (Å²) in [4.78, 5) is 11.7. The molecule has 1 N–H and O–H groups in total. The van der Waals surface area contributed by atoms with Gasteiger partial charge in [0.2, 0.25) is 0 Å². The van der Waals surface area contributed by atoms with E-state index < -0.39 is 0 Å². The minimum Gasteiger partial charge on any atom is -0.460 e. The molecule has 0 unspecified atom stereocenters. The number of hydrogen-bond donors (Lipinski definition) is 1. The van der Waals surface area contributed by atoms with Gasteiger partial charge in [-0.3, -0.25) is 4.79 Å². The van der Waals surface area contributed by atoms with E-state index in [4.69, 9.17) is 4.74 Å². The van der Waals surface area contributed by atoms with Crippen LogP contribution >= 0.6 is 0 Å². The lowest BCUT2D eigenvalue weighted by Crippen LogP contribution is -2.46. The molecule has 94 valence electrons. The second-order valence-corrected chi connectivity index (χ2v) is 6.92. The number of carbonyl (C=O) groups is 1. The molecular weight excluding hydrogens is 202 g/mol. The Morgan fingerprint density at radius 2 is 1.69 bits per heavy atom. The molecule has 0 aromatic carbocycles. The van der Waals surface area contributed by atoms with E-state index in [-0.39, 0.29) is 22.6 Å². The van der Waals surface area contributed by atoms with E-state index in [9.17, 15) is 4.79 Å². The third-order valence-electron chi connectivity index (χ3n) is 2.40. The van der Waals surface area contributed by atoms with Crippen molar-refractivity contribution in [2.45, 2.75) is 77.5 Å². The van der Waals surface area contributed by atoms with E-state index in [1.165, 1.54) is 0 Å². The average molecular weight is 227 g/mol. The van der Waals surface area contributed by atoms with Crippen molar-refractivity contribution >= 4 is 5.97 Å². The van der Waals surface area contributed by atoms with Crippen LogP contribution in [0.5, 0.6) is 0 Å². The van der Waals surface area contributed by atoms with E-state index in [1.54, 1.807) is 0 Å². The monoisotopic (exact) mass is 227 g/mol. The molecule has 0 heterocycles. The Morgan fingerprint density at radius 3 is 2.00 bits per heavy atom. The predicted octanol–water partition coefficient (Wildman–Crippen LogP) is 2.64. The van der Waals surface area contributed by atoms with Crippen LogP contribution < -0.4 is 5.32 Å². The van der Waals surface area contributed by atoms with Crippen LogP contribution in [-0.2, 0) is 9.53 Å². The third-order valence-corrected chi connectivity index (χ3v) is 2.40. The van der Waals surface area contributed by atoms with Crippen molar-refractivity contribution < 1.29 is 9.53 Å². The van der Waals surface area contributed by atoms with Gasteiger partial charge in [-0.2, -0.15) is 0 Å². The first-order valence-corrected chi connectivity index (χ1v) is 6.03. The average Bonchev–Trinajstić information content (AvgIpc) is 2.58. The van der Waals surface area contributed by atoms with Gasteiger partial charge in [0.25, 0.3) is 0 Å². The number of rotatable bonds is 3. The molecule has 0 aromatic heterocycles. The Balaban J connectivity index is 2.45. The number of ether oxygens (including phenoxy) is 1. The molecule has 1 saturated carbocycles. The largest absolute Gasteiger partial charge is 0.460 e. The van der Waals surface area contributed by atoms with Crippen molar-refractivity contribution in [3.63, 3.8) is 0 Å². The van der Waals surface area contributed by atoms with Crippen LogP contribution in [-0.4, -0.2) is 22.6 Å². The van der Waals surface area contributed by atoms with Crippen LogP contribution in [0.15, 0.2) is 0 Å². The Kier molecular flexibility index (Phi) is 3.39. The van der Waals surface area contributed by atoms with E-state index in [2.05, 4.69) is 26.1 Å². The van der Waals surface area contributed by atoms with Crippen molar-refractivity contribution in [3.05, 3.63) is 0 Å². The minimum atomic E-state index is -0.380. The molecule has 3 heteroatoms.